The Bertz CT molecular complexity index is 3540. The lowest BCUT2D eigenvalue weighted by atomic mass is 9.97. The third-order valence-corrected chi connectivity index (χ3v) is 12.8. The summed E-state index contributed by atoms with van der Waals surface area (Å²) in [6.45, 7) is 0. The third-order valence-electron chi connectivity index (χ3n) is 11.6. The van der Waals surface area contributed by atoms with Gasteiger partial charge in [0.2, 0.25) is 0 Å². The maximum atomic E-state index is 6.61. The van der Waals surface area contributed by atoms with Crippen LogP contribution in [0.5, 0.6) is 0 Å². The maximum Gasteiger partial charge on any atom is 0.143 e. The van der Waals surface area contributed by atoms with Gasteiger partial charge < -0.3 is 9.32 Å². The SMILES string of the molecule is c1cc(-c2cccc3oc4c5ccccc5ccc4c23)cc(N(c2ccc(-c3ccc4c(ccc5ccccc54)c3)cc2)c2cccc3sc4ccccc4c23)c1. The van der Waals surface area contributed by atoms with Crippen molar-refractivity contribution in [1.29, 1.82) is 0 Å². The summed E-state index contributed by atoms with van der Waals surface area (Å²) in [5.41, 5.74) is 9.87. The van der Waals surface area contributed by atoms with E-state index in [0.717, 1.165) is 55.5 Å². The summed E-state index contributed by atoms with van der Waals surface area (Å²) < 4.78 is 9.17. The predicted octanol–water partition coefficient (Wildman–Crippen LogP) is 16.2. The van der Waals surface area contributed by atoms with Crippen LogP contribution in [0.25, 0.3) is 96.7 Å². The lowest BCUT2D eigenvalue weighted by Crippen LogP contribution is -2.10. The molecule has 0 radical (unpaired) electrons. The minimum Gasteiger partial charge on any atom is -0.455 e. The van der Waals surface area contributed by atoms with Gasteiger partial charge in [-0.15, -0.1) is 11.3 Å². The smallest absolute Gasteiger partial charge is 0.143 e. The van der Waals surface area contributed by atoms with Crippen LogP contribution in [0.1, 0.15) is 0 Å². The molecule has 0 atom stereocenters. The Morgan fingerprint density at radius 2 is 1.04 bits per heavy atom. The lowest BCUT2D eigenvalue weighted by molar-refractivity contribution is 0.673. The summed E-state index contributed by atoms with van der Waals surface area (Å²) in [5, 5.41) is 12.2. The number of benzene rings is 10. The minimum absolute atomic E-state index is 0.896. The van der Waals surface area contributed by atoms with Gasteiger partial charge in [0.15, 0.2) is 0 Å². The van der Waals surface area contributed by atoms with Gasteiger partial charge in [0.1, 0.15) is 11.2 Å². The van der Waals surface area contributed by atoms with E-state index in [0.29, 0.717) is 0 Å². The molecule has 3 heteroatoms. The van der Waals surface area contributed by atoms with Crippen molar-refractivity contribution in [3.8, 4) is 22.3 Å². The van der Waals surface area contributed by atoms with Crippen LogP contribution in [0.2, 0.25) is 0 Å². The zero-order valence-corrected chi connectivity index (χ0v) is 31.6. The molecule has 266 valence electrons. The molecule has 2 nitrogen and oxygen atoms in total. The molecule has 12 rings (SSSR count). The van der Waals surface area contributed by atoms with Gasteiger partial charge in [-0.1, -0.05) is 140 Å². The van der Waals surface area contributed by atoms with Crippen LogP contribution >= 0.6 is 11.3 Å². The average Bonchev–Trinajstić information content (AvgIpc) is 3.86. The first-order valence-corrected chi connectivity index (χ1v) is 20.2. The number of nitrogens with zero attached hydrogens (tertiary/aromatic N) is 1. The highest BCUT2D eigenvalue weighted by Crippen LogP contribution is 2.47. The Balaban J connectivity index is 1.03. The first kappa shape index (κ1) is 32.1. The molecule has 12 aromatic rings. The van der Waals surface area contributed by atoms with Crippen molar-refractivity contribution in [2.45, 2.75) is 0 Å². The fourth-order valence-corrected chi connectivity index (χ4v) is 10.1. The number of rotatable bonds is 5. The third kappa shape index (κ3) is 5.10. The van der Waals surface area contributed by atoms with Crippen LogP contribution in [0.4, 0.5) is 17.1 Å². The standard InChI is InChI=1S/C54H33NOS/c1-3-14-42-35(10-1)22-23-39-32-37(27-30-43(39)42)34-24-28-40(29-25-34)55(48-18-9-21-51-53(48)46-16-5-6-20-50(46)57-51)41-13-7-12-38(33-41)44-17-8-19-49-52(44)47-31-26-36-11-2-4-15-45(36)54(47)56-49/h1-33H. The topological polar surface area (TPSA) is 16.4 Å². The minimum atomic E-state index is 0.896. The van der Waals surface area contributed by atoms with Gasteiger partial charge in [0.05, 0.1) is 5.69 Å². The number of fused-ring (bicyclic) bond motifs is 11. The summed E-state index contributed by atoms with van der Waals surface area (Å²) in [6, 6.07) is 72.8. The van der Waals surface area contributed by atoms with Crippen molar-refractivity contribution in [2.75, 3.05) is 4.90 Å². The molecule has 10 aromatic carbocycles. The fraction of sp³-hybridized carbons (Fsp3) is 0. The van der Waals surface area contributed by atoms with E-state index in [-0.39, 0.29) is 0 Å². The van der Waals surface area contributed by atoms with Crippen molar-refractivity contribution in [1.82, 2.24) is 0 Å². The van der Waals surface area contributed by atoms with Gasteiger partial charge in [0.25, 0.3) is 0 Å². The van der Waals surface area contributed by atoms with E-state index in [9.17, 15) is 0 Å². The van der Waals surface area contributed by atoms with Gasteiger partial charge in [0, 0.05) is 47.7 Å². The van der Waals surface area contributed by atoms with Crippen LogP contribution in [0.3, 0.4) is 0 Å². The Labute approximate surface area is 333 Å². The van der Waals surface area contributed by atoms with Crippen molar-refractivity contribution < 1.29 is 4.42 Å². The molecule has 0 saturated carbocycles. The molecule has 2 heterocycles. The monoisotopic (exact) mass is 743 g/mol. The summed E-state index contributed by atoms with van der Waals surface area (Å²) in [7, 11) is 0. The summed E-state index contributed by atoms with van der Waals surface area (Å²) in [4.78, 5) is 2.43. The van der Waals surface area contributed by atoms with E-state index in [2.05, 4.69) is 205 Å². The van der Waals surface area contributed by atoms with Gasteiger partial charge in [-0.3, -0.25) is 0 Å². The fourth-order valence-electron chi connectivity index (χ4n) is 8.97. The number of hydrogen-bond donors (Lipinski definition) is 0. The first-order valence-electron chi connectivity index (χ1n) is 19.4. The van der Waals surface area contributed by atoms with E-state index in [4.69, 9.17) is 4.42 Å². The predicted molar refractivity (Wildman–Crippen MR) is 245 cm³/mol. The molecule has 0 unspecified atom stereocenters. The van der Waals surface area contributed by atoms with E-state index in [1.54, 1.807) is 0 Å². The van der Waals surface area contributed by atoms with Crippen LogP contribution < -0.4 is 4.90 Å². The highest BCUT2D eigenvalue weighted by molar-refractivity contribution is 7.26. The molecule has 0 bridgehead atoms. The molecule has 0 N–H and O–H groups in total. The highest BCUT2D eigenvalue weighted by atomic mass is 32.1. The summed E-state index contributed by atoms with van der Waals surface area (Å²) >= 11 is 1.85. The largest absolute Gasteiger partial charge is 0.455 e. The van der Waals surface area contributed by atoms with E-state index in [1.807, 2.05) is 11.3 Å². The summed E-state index contributed by atoms with van der Waals surface area (Å²) in [6.07, 6.45) is 0. The second kappa shape index (κ2) is 12.7. The van der Waals surface area contributed by atoms with Crippen LogP contribution in [0.15, 0.2) is 205 Å². The maximum absolute atomic E-state index is 6.61. The molecule has 57 heavy (non-hydrogen) atoms. The lowest BCUT2D eigenvalue weighted by Gasteiger charge is -2.27. The second-order valence-corrected chi connectivity index (χ2v) is 15.9. The molecule has 0 aliphatic carbocycles. The zero-order valence-electron chi connectivity index (χ0n) is 30.8. The number of hydrogen-bond acceptors (Lipinski definition) is 3. The van der Waals surface area contributed by atoms with Crippen LogP contribution in [-0.4, -0.2) is 0 Å². The van der Waals surface area contributed by atoms with Gasteiger partial charge in [-0.05, 0) is 110 Å². The van der Waals surface area contributed by atoms with Crippen molar-refractivity contribution >= 4 is 103 Å². The van der Waals surface area contributed by atoms with E-state index >= 15 is 0 Å². The Kier molecular flexibility index (Phi) is 7.13. The van der Waals surface area contributed by atoms with Crippen molar-refractivity contribution in [3.05, 3.63) is 200 Å². The van der Waals surface area contributed by atoms with Crippen LogP contribution in [-0.2, 0) is 0 Å². The van der Waals surface area contributed by atoms with Gasteiger partial charge >= 0.3 is 0 Å². The van der Waals surface area contributed by atoms with E-state index in [1.165, 1.54) is 58.2 Å². The normalized spacial score (nSPS) is 11.9. The van der Waals surface area contributed by atoms with E-state index < -0.39 is 0 Å². The Hall–Kier alpha value is -7.20. The van der Waals surface area contributed by atoms with Crippen molar-refractivity contribution in [2.24, 2.45) is 0 Å². The highest BCUT2D eigenvalue weighted by Gasteiger charge is 2.21. The number of anilines is 3. The summed E-state index contributed by atoms with van der Waals surface area (Å²) in [5.74, 6) is 0. The van der Waals surface area contributed by atoms with Crippen molar-refractivity contribution in [3.63, 3.8) is 0 Å². The molecule has 0 spiro atoms. The molecule has 0 aliphatic rings. The van der Waals surface area contributed by atoms with Crippen LogP contribution in [0, 0.1) is 0 Å². The molecule has 0 saturated heterocycles. The molecular formula is C54H33NOS. The number of thiophene rings is 1. The molecular weight excluding hydrogens is 711 g/mol. The number of furan rings is 1. The zero-order chi connectivity index (χ0) is 37.5. The Morgan fingerprint density at radius 1 is 0.368 bits per heavy atom. The molecule has 0 fully saturated rings. The molecule has 2 aromatic heterocycles. The van der Waals surface area contributed by atoms with Gasteiger partial charge in [-0.2, -0.15) is 0 Å². The molecule has 0 aliphatic heterocycles. The molecule has 0 amide bonds. The average molecular weight is 744 g/mol. The first-order chi connectivity index (χ1) is 28.2. The second-order valence-electron chi connectivity index (χ2n) is 14.8. The Morgan fingerprint density at radius 3 is 1.93 bits per heavy atom. The quantitative estimate of drug-likeness (QED) is 0.163. The van der Waals surface area contributed by atoms with Gasteiger partial charge in [-0.25, -0.2) is 0 Å².